The molecule has 0 unspecified atom stereocenters. The first-order chi connectivity index (χ1) is 12.8. The van der Waals surface area contributed by atoms with Crippen LogP contribution >= 0.6 is 23.2 Å². The van der Waals surface area contributed by atoms with E-state index in [4.69, 9.17) is 23.2 Å². The van der Waals surface area contributed by atoms with E-state index in [1.165, 1.54) is 12.1 Å². The van der Waals surface area contributed by atoms with E-state index in [9.17, 15) is 9.59 Å². The van der Waals surface area contributed by atoms with Crippen LogP contribution in [-0.2, 0) is 4.79 Å². The zero-order chi connectivity index (χ0) is 20.0. The van der Waals surface area contributed by atoms with E-state index >= 15 is 0 Å². The van der Waals surface area contributed by atoms with Crippen molar-refractivity contribution < 1.29 is 9.59 Å². The predicted molar refractivity (Wildman–Crippen MR) is 111 cm³/mol. The Morgan fingerprint density at radius 3 is 2.44 bits per heavy atom. The molecule has 0 spiro atoms. The van der Waals surface area contributed by atoms with Crippen LogP contribution in [0.3, 0.4) is 0 Å². The first kappa shape index (κ1) is 20.9. The van der Waals surface area contributed by atoms with Gasteiger partial charge in [-0.1, -0.05) is 55.2 Å². The van der Waals surface area contributed by atoms with Crippen LogP contribution in [0.5, 0.6) is 0 Å². The standard InChI is InChI=1S/C20H21Cl2N3O2/c1-12(2)15-6-4-5-7-18(15)23-19(26)10-13(3)24-25-20(27)14-8-9-16(21)17(22)11-14/h4-9,11-12H,10H2,1-3H3,(H,23,26)(H,25,27)/b24-13+. The molecule has 0 aliphatic heterocycles. The lowest BCUT2D eigenvalue weighted by Gasteiger charge is -2.13. The number of anilines is 1. The second-order valence-electron chi connectivity index (χ2n) is 6.38. The van der Waals surface area contributed by atoms with Crippen molar-refractivity contribution in [2.24, 2.45) is 5.10 Å². The van der Waals surface area contributed by atoms with Crippen LogP contribution in [0.15, 0.2) is 47.6 Å². The smallest absolute Gasteiger partial charge is 0.271 e. The molecule has 2 aromatic rings. The molecule has 2 rings (SSSR count). The van der Waals surface area contributed by atoms with Crippen LogP contribution in [0.25, 0.3) is 0 Å². The molecule has 2 amide bonds. The number of hydrogen-bond acceptors (Lipinski definition) is 3. The maximum Gasteiger partial charge on any atom is 0.271 e. The topological polar surface area (TPSA) is 70.6 Å². The maximum absolute atomic E-state index is 12.3. The molecule has 0 aliphatic rings. The maximum atomic E-state index is 12.3. The first-order valence-electron chi connectivity index (χ1n) is 8.45. The molecule has 2 aromatic carbocycles. The van der Waals surface area contributed by atoms with E-state index < -0.39 is 5.91 Å². The van der Waals surface area contributed by atoms with Crippen LogP contribution in [-0.4, -0.2) is 17.5 Å². The Balaban J connectivity index is 1.96. The summed E-state index contributed by atoms with van der Waals surface area (Å²) in [4.78, 5) is 24.3. The lowest BCUT2D eigenvalue weighted by molar-refractivity contribution is -0.115. The minimum atomic E-state index is -0.432. The Kier molecular flexibility index (Phi) is 7.39. The Morgan fingerprint density at radius 1 is 1.07 bits per heavy atom. The van der Waals surface area contributed by atoms with Gasteiger partial charge in [0.1, 0.15) is 0 Å². The molecule has 7 heteroatoms. The second-order valence-corrected chi connectivity index (χ2v) is 7.20. The highest BCUT2D eigenvalue weighted by atomic mass is 35.5. The number of carbonyl (C=O) groups excluding carboxylic acids is 2. The molecule has 5 nitrogen and oxygen atoms in total. The van der Waals surface area contributed by atoms with Gasteiger partial charge in [0.15, 0.2) is 0 Å². The highest BCUT2D eigenvalue weighted by Crippen LogP contribution is 2.24. The SMILES string of the molecule is C/C(CC(=O)Nc1ccccc1C(C)C)=N\NC(=O)c1ccc(Cl)c(Cl)c1. The summed E-state index contributed by atoms with van der Waals surface area (Å²) in [5.41, 5.74) is 5.06. The lowest BCUT2D eigenvalue weighted by atomic mass is 10.0. The van der Waals surface area contributed by atoms with Crippen molar-refractivity contribution >= 4 is 46.4 Å². The summed E-state index contributed by atoms with van der Waals surface area (Å²) in [5, 5.41) is 7.52. The second kappa shape index (κ2) is 9.53. The van der Waals surface area contributed by atoms with Gasteiger partial charge >= 0.3 is 0 Å². The number of hydrogen-bond donors (Lipinski definition) is 2. The van der Waals surface area contributed by atoms with E-state index in [0.717, 1.165) is 11.3 Å². The van der Waals surface area contributed by atoms with Gasteiger partial charge in [0.05, 0.1) is 16.5 Å². The van der Waals surface area contributed by atoms with Crippen LogP contribution in [0.4, 0.5) is 5.69 Å². The van der Waals surface area contributed by atoms with Crippen molar-refractivity contribution in [3.63, 3.8) is 0 Å². The molecule has 0 atom stereocenters. The van der Waals surface area contributed by atoms with Crippen LogP contribution < -0.4 is 10.7 Å². The molecular weight excluding hydrogens is 385 g/mol. The van der Waals surface area contributed by atoms with Gasteiger partial charge in [-0.15, -0.1) is 0 Å². The Hall–Kier alpha value is -2.37. The van der Waals surface area contributed by atoms with E-state index in [0.29, 0.717) is 22.2 Å². The number of nitrogens with zero attached hydrogens (tertiary/aromatic N) is 1. The molecule has 0 saturated carbocycles. The van der Waals surface area contributed by atoms with Gasteiger partial charge in [-0.05, 0) is 42.7 Å². The van der Waals surface area contributed by atoms with Crippen molar-refractivity contribution in [1.82, 2.24) is 5.43 Å². The summed E-state index contributed by atoms with van der Waals surface area (Å²) in [7, 11) is 0. The normalized spacial score (nSPS) is 11.4. The third-order valence-electron chi connectivity index (χ3n) is 3.80. The summed E-state index contributed by atoms with van der Waals surface area (Å²) in [5.74, 6) is -0.339. The molecule has 0 radical (unpaired) electrons. The number of amides is 2. The minimum Gasteiger partial charge on any atom is -0.325 e. The van der Waals surface area contributed by atoms with Crippen molar-refractivity contribution in [2.45, 2.75) is 33.1 Å². The molecule has 0 aliphatic carbocycles. The van der Waals surface area contributed by atoms with E-state index in [-0.39, 0.29) is 17.4 Å². The number of carbonyl (C=O) groups is 2. The van der Waals surface area contributed by atoms with Gasteiger partial charge in [-0.2, -0.15) is 5.10 Å². The van der Waals surface area contributed by atoms with Gasteiger partial charge in [-0.25, -0.2) is 5.43 Å². The number of nitrogens with one attached hydrogen (secondary N) is 2. The third kappa shape index (κ3) is 6.08. The average molecular weight is 406 g/mol. The summed E-state index contributed by atoms with van der Waals surface area (Å²) >= 11 is 11.7. The van der Waals surface area contributed by atoms with Gasteiger partial charge in [-0.3, -0.25) is 9.59 Å². The first-order valence-corrected chi connectivity index (χ1v) is 9.21. The van der Waals surface area contributed by atoms with E-state index in [1.54, 1.807) is 13.0 Å². The molecule has 142 valence electrons. The number of rotatable bonds is 6. The third-order valence-corrected chi connectivity index (χ3v) is 4.54. The summed E-state index contributed by atoms with van der Waals surface area (Å²) in [6.45, 7) is 5.80. The lowest BCUT2D eigenvalue weighted by Crippen LogP contribution is -2.21. The zero-order valence-electron chi connectivity index (χ0n) is 15.3. The fourth-order valence-corrected chi connectivity index (χ4v) is 2.73. The number of hydrazone groups is 1. The molecule has 0 fully saturated rings. The van der Waals surface area contributed by atoms with Gasteiger partial charge in [0.2, 0.25) is 5.91 Å². The van der Waals surface area contributed by atoms with Crippen molar-refractivity contribution in [2.75, 3.05) is 5.32 Å². The van der Waals surface area contributed by atoms with Gasteiger partial charge in [0, 0.05) is 17.0 Å². The van der Waals surface area contributed by atoms with Gasteiger partial charge < -0.3 is 5.32 Å². The van der Waals surface area contributed by atoms with E-state index in [1.807, 2.05) is 24.3 Å². The van der Waals surface area contributed by atoms with Crippen LogP contribution in [0.2, 0.25) is 10.0 Å². The fourth-order valence-electron chi connectivity index (χ4n) is 2.43. The molecule has 0 bridgehead atoms. The predicted octanol–water partition coefficient (Wildman–Crippen LogP) is 5.25. The Labute approximate surface area is 168 Å². The number of para-hydroxylation sites is 1. The van der Waals surface area contributed by atoms with E-state index in [2.05, 4.69) is 29.7 Å². The van der Waals surface area contributed by atoms with Crippen molar-refractivity contribution in [3.8, 4) is 0 Å². The quantitative estimate of drug-likeness (QED) is 0.508. The molecule has 27 heavy (non-hydrogen) atoms. The van der Waals surface area contributed by atoms with Gasteiger partial charge in [0.25, 0.3) is 5.91 Å². The van der Waals surface area contributed by atoms with Crippen molar-refractivity contribution in [1.29, 1.82) is 0 Å². The summed E-state index contributed by atoms with van der Waals surface area (Å²) in [6, 6.07) is 12.2. The largest absolute Gasteiger partial charge is 0.325 e. The zero-order valence-corrected chi connectivity index (χ0v) is 16.9. The molecular formula is C20H21Cl2N3O2. The number of benzene rings is 2. The summed E-state index contributed by atoms with van der Waals surface area (Å²) < 4.78 is 0. The molecule has 0 heterocycles. The molecule has 0 saturated heterocycles. The van der Waals surface area contributed by atoms with Crippen LogP contribution in [0, 0.1) is 0 Å². The molecule has 2 N–H and O–H groups in total. The average Bonchev–Trinajstić information content (AvgIpc) is 2.62. The highest BCUT2D eigenvalue weighted by molar-refractivity contribution is 6.42. The number of halogens is 2. The minimum absolute atomic E-state index is 0.0636. The Morgan fingerprint density at radius 2 is 1.78 bits per heavy atom. The fraction of sp³-hybridized carbons (Fsp3) is 0.250. The Bertz CT molecular complexity index is 879. The van der Waals surface area contributed by atoms with Crippen LogP contribution in [0.1, 0.15) is 49.0 Å². The molecule has 0 aromatic heterocycles. The summed E-state index contributed by atoms with van der Waals surface area (Å²) in [6.07, 6.45) is 0.0636. The monoisotopic (exact) mass is 405 g/mol. The highest BCUT2D eigenvalue weighted by Gasteiger charge is 2.11. The van der Waals surface area contributed by atoms with Crippen molar-refractivity contribution in [3.05, 3.63) is 63.6 Å².